The van der Waals surface area contributed by atoms with Crippen LogP contribution in [0.3, 0.4) is 0 Å². The molecule has 7 heteroatoms. The lowest BCUT2D eigenvalue weighted by molar-refractivity contribution is 0.215. The summed E-state index contributed by atoms with van der Waals surface area (Å²) in [5, 5.41) is 8.21. The molecular formula is C10H11N3O3S. The molecule has 0 saturated carbocycles. The SMILES string of the molecule is CON=Cc1ccc2c(cnn2S(C)(=O)=O)c1. The van der Waals surface area contributed by atoms with Crippen molar-refractivity contribution < 1.29 is 13.3 Å². The first-order valence-corrected chi connectivity index (χ1v) is 6.62. The highest BCUT2D eigenvalue weighted by atomic mass is 32.2. The third-order valence-electron chi connectivity index (χ3n) is 2.18. The normalized spacial score (nSPS) is 12.4. The van der Waals surface area contributed by atoms with E-state index in [1.54, 1.807) is 18.2 Å². The lowest BCUT2D eigenvalue weighted by Crippen LogP contribution is -2.11. The van der Waals surface area contributed by atoms with Gasteiger partial charge in [0.15, 0.2) is 0 Å². The van der Waals surface area contributed by atoms with Gasteiger partial charge in [0.1, 0.15) is 7.11 Å². The van der Waals surface area contributed by atoms with Gasteiger partial charge in [-0.25, -0.2) is 8.42 Å². The smallest absolute Gasteiger partial charge is 0.251 e. The van der Waals surface area contributed by atoms with Crippen molar-refractivity contribution in [2.45, 2.75) is 0 Å². The molecule has 2 aromatic rings. The van der Waals surface area contributed by atoms with Crippen LogP contribution in [-0.4, -0.2) is 37.2 Å². The summed E-state index contributed by atoms with van der Waals surface area (Å²) >= 11 is 0. The van der Waals surface area contributed by atoms with Crippen LogP contribution < -0.4 is 0 Å². The molecule has 1 heterocycles. The number of benzene rings is 1. The molecule has 0 aliphatic carbocycles. The predicted octanol–water partition coefficient (Wildman–Crippen LogP) is 0.824. The standard InChI is InChI=1S/C10H11N3O3S/c1-16-12-6-8-3-4-10-9(5-8)7-11-13(10)17(2,14)15/h3-7H,1-2H3. The lowest BCUT2D eigenvalue weighted by atomic mass is 10.2. The molecule has 90 valence electrons. The summed E-state index contributed by atoms with van der Waals surface area (Å²) in [4.78, 5) is 4.57. The van der Waals surface area contributed by atoms with Gasteiger partial charge in [-0.3, -0.25) is 0 Å². The summed E-state index contributed by atoms with van der Waals surface area (Å²) in [7, 11) is -1.91. The zero-order valence-electron chi connectivity index (χ0n) is 9.36. The van der Waals surface area contributed by atoms with Gasteiger partial charge >= 0.3 is 0 Å². The van der Waals surface area contributed by atoms with Crippen LogP contribution in [0, 0.1) is 0 Å². The van der Waals surface area contributed by atoms with E-state index in [-0.39, 0.29) is 0 Å². The van der Waals surface area contributed by atoms with E-state index in [9.17, 15) is 8.42 Å². The van der Waals surface area contributed by atoms with Gasteiger partial charge in [-0.2, -0.15) is 9.19 Å². The van der Waals surface area contributed by atoms with E-state index in [0.29, 0.717) is 5.52 Å². The highest BCUT2D eigenvalue weighted by molar-refractivity contribution is 7.89. The lowest BCUT2D eigenvalue weighted by Gasteiger charge is -1.99. The highest BCUT2D eigenvalue weighted by Gasteiger charge is 2.11. The van der Waals surface area contributed by atoms with Crippen LogP contribution in [0.2, 0.25) is 0 Å². The zero-order valence-corrected chi connectivity index (χ0v) is 10.2. The molecule has 0 amide bonds. The zero-order chi connectivity index (χ0) is 12.5. The molecule has 1 aromatic heterocycles. The van der Waals surface area contributed by atoms with Crippen LogP contribution in [-0.2, 0) is 14.9 Å². The summed E-state index contributed by atoms with van der Waals surface area (Å²) in [5.41, 5.74) is 1.36. The Morgan fingerprint density at radius 3 is 2.88 bits per heavy atom. The van der Waals surface area contributed by atoms with Crippen molar-refractivity contribution in [1.29, 1.82) is 0 Å². The maximum atomic E-state index is 11.4. The number of fused-ring (bicyclic) bond motifs is 1. The van der Waals surface area contributed by atoms with Crippen LogP contribution in [0.15, 0.2) is 29.6 Å². The van der Waals surface area contributed by atoms with Crippen LogP contribution in [0.1, 0.15) is 5.56 Å². The molecule has 0 spiro atoms. The fourth-order valence-corrected chi connectivity index (χ4v) is 2.23. The quantitative estimate of drug-likeness (QED) is 0.599. The Morgan fingerprint density at radius 2 is 2.24 bits per heavy atom. The van der Waals surface area contributed by atoms with Crippen molar-refractivity contribution in [2.75, 3.05) is 13.4 Å². The van der Waals surface area contributed by atoms with Gasteiger partial charge in [0.25, 0.3) is 10.0 Å². The molecular weight excluding hydrogens is 242 g/mol. The highest BCUT2D eigenvalue weighted by Crippen LogP contribution is 2.16. The molecule has 0 N–H and O–H groups in total. The largest absolute Gasteiger partial charge is 0.399 e. The van der Waals surface area contributed by atoms with Crippen molar-refractivity contribution in [3.05, 3.63) is 30.0 Å². The van der Waals surface area contributed by atoms with E-state index >= 15 is 0 Å². The van der Waals surface area contributed by atoms with E-state index < -0.39 is 10.0 Å². The first-order valence-electron chi connectivity index (χ1n) is 4.77. The fraction of sp³-hybridized carbons (Fsp3) is 0.200. The van der Waals surface area contributed by atoms with Gasteiger partial charge in [0.2, 0.25) is 0 Å². The summed E-state index contributed by atoms with van der Waals surface area (Å²) in [6.07, 6.45) is 4.15. The number of hydrogen-bond acceptors (Lipinski definition) is 5. The average molecular weight is 253 g/mol. The Kier molecular flexibility index (Phi) is 2.84. The molecule has 17 heavy (non-hydrogen) atoms. The molecule has 0 aliphatic rings. The number of rotatable bonds is 3. The van der Waals surface area contributed by atoms with Crippen molar-refractivity contribution in [3.63, 3.8) is 0 Å². The molecule has 0 unspecified atom stereocenters. The second-order valence-electron chi connectivity index (χ2n) is 3.49. The van der Waals surface area contributed by atoms with E-state index in [1.807, 2.05) is 0 Å². The third-order valence-corrected chi connectivity index (χ3v) is 3.10. The summed E-state index contributed by atoms with van der Waals surface area (Å²) in [5.74, 6) is 0. The Bertz CT molecular complexity index is 673. The molecule has 6 nitrogen and oxygen atoms in total. The van der Waals surface area contributed by atoms with E-state index in [2.05, 4.69) is 15.1 Å². The minimum Gasteiger partial charge on any atom is -0.399 e. The Balaban J connectivity index is 2.56. The maximum absolute atomic E-state index is 11.4. The maximum Gasteiger partial charge on any atom is 0.251 e. The van der Waals surface area contributed by atoms with Gasteiger partial charge in [-0.15, -0.1) is 0 Å². The minimum absolute atomic E-state index is 0.544. The molecule has 1 aromatic carbocycles. The predicted molar refractivity (Wildman–Crippen MR) is 64.6 cm³/mol. The molecule has 0 saturated heterocycles. The monoisotopic (exact) mass is 253 g/mol. The van der Waals surface area contributed by atoms with Crippen molar-refractivity contribution in [2.24, 2.45) is 5.16 Å². The van der Waals surface area contributed by atoms with Gasteiger partial charge in [0, 0.05) is 5.39 Å². The average Bonchev–Trinajstić information content (AvgIpc) is 2.68. The third kappa shape index (κ3) is 2.28. The van der Waals surface area contributed by atoms with Gasteiger partial charge in [0.05, 0.1) is 24.2 Å². The second kappa shape index (κ2) is 4.17. The second-order valence-corrected chi connectivity index (χ2v) is 5.30. The first kappa shape index (κ1) is 11.6. The van der Waals surface area contributed by atoms with Crippen molar-refractivity contribution in [3.8, 4) is 0 Å². The van der Waals surface area contributed by atoms with Gasteiger partial charge < -0.3 is 4.84 Å². The van der Waals surface area contributed by atoms with E-state index in [4.69, 9.17) is 0 Å². The Morgan fingerprint density at radius 1 is 1.47 bits per heavy atom. The molecule has 0 fully saturated rings. The molecule has 0 radical (unpaired) electrons. The van der Waals surface area contributed by atoms with Crippen LogP contribution >= 0.6 is 0 Å². The number of hydrogen-bond donors (Lipinski definition) is 0. The molecule has 0 atom stereocenters. The Labute approximate surface area is 98.5 Å². The molecule has 2 rings (SSSR count). The summed E-state index contributed by atoms with van der Waals surface area (Å²) in [6.45, 7) is 0. The minimum atomic E-state index is -3.37. The van der Waals surface area contributed by atoms with Crippen molar-refractivity contribution >= 4 is 27.1 Å². The van der Waals surface area contributed by atoms with Crippen LogP contribution in [0.25, 0.3) is 10.9 Å². The molecule has 0 aliphatic heterocycles. The fourth-order valence-electron chi connectivity index (χ4n) is 1.49. The summed E-state index contributed by atoms with van der Waals surface area (Å²) in [6, 6.07) is 5.21. The van der Waals surface area contributed by atoms with Crippen LogP contribution in [0.5, 0.6) is 0 Å². The van der Waals surface area contributed by atoms with E-state index in [0.717, 1.165) is 21.3 Å². The van der Waals surface area contributed by atoms with Gasteiger partial charge in [-0.1, -0.05) is 11.2 Å². The Hall–Kier alpha value is -1.89. The van der Waals surface area contributed by atoms with Crippen LogP contribution in [0.4, 0.5) is 0 Å². The number of oxime groups is 1. The van der Waals surface area contributed by atoms with E-state index in [1.165, 1.54) is 19.5 Å². The summed E-state index contributed by atoms with van der Waals surface area (Å²) < 4.78 is 23.8. The van der Waals surface area contributed by atoms with Gasteiger partial charge in [-0.05, 0) is 17.7 Å². The number of aromatic nitrogens is 2. The number of nitrogens with zero attached hydrogens (tertiary/aromatic N) is 3. The topological polar surface area (TPSA) is 73.6 Å². The van der Waals surface area contributed by atoms with Crippen molar-refractivity contribution in [1.82, 2.24) is 9.19 Å². The molecule has 0 bridgehead atoms. The first-order chi connectivity index (χ1) is 8.02.